The molecular weight excluding hydrogens is 536 g/mol. The van der Waals surface area contributed by atoms with Crippen LogP contribution < -0.4 is 10.6 Å². The monoisotopic (exact) mass is 611 g/mol. The van der Waals surface area contributed by atoms with Crippen LogP contribution in [-0.4, -0.2) is 82.0 Å². The Bertz CT molecular complexity index is 531. The molecule has 0 aliphatic heterocycles. The summed E-state index contributed by atoms with van der Waals surface area (Å²) in [6, 6.07) is 2.50. The van der Waals surface area contributed by atoms with Gasteiger partial charge in [0.15, 0.2) is 0 Å². The minimum atomic E-state index is -0.756. The Kier molecular flexibility index (Phi) is 37.4. The lowest BCUT2D eigenvalue weighted by molar-refractivity contribution is -0.148. The van der Waals surface area contributed by atoms with Crippen molar-refractivity contribution < 1.29 is 35.1 Å². The van der Waals surface area contributed by atoms with Gasteiger partial charge in [-0.15, -0.1) is 0 Å². The van der Waals surface area contributed by atoms with Crippen LogP contribution in [-0.2, 0) is 9.59 Å². The van der Waals surface area contributed by atoms with E-state index in [4.69, 9.17) is 20.4 Å². The van der Waals surface area contributed by atoms with Crippen LogP contribution in [0.2, 0.25) is 0 Å². The summed E-state index contributed by atoms with van der Waals surface area (Å²) in [6.07, 6.45) is 8.02. The number of hydrogen-bond acceptors (Lipinski definition) is 7. The molecule has 0 radical (unpaired) electrons. The van der Waals surface area contributed by atoms with E-state index < -0.39 is 22.8 Å². The fraction of sp³-hybridized carbons (Fsp3) is 0.939. The number of carboxylic acids is 2. The number of unbranched alkanes of at least 4 members (excludes halogenated alkanes) is 4. The van der Waals surface area contributed by atoms with E-state index in [1.807, 2.05) is 0 Å². The molecule has 0 fully saturated rings. The number of carbonyl (C=O) groups is 2. The molecule has 0 aliphatic rings. The summed E-state index contributed by atoms with van der Waals surface area (Å²) in [5.74, 6) is -1.51. The lowest BCUT2D eigenvalue weighted by atomic mass is 9.86. The maximum Gasteiger partial charge on any atom is 0.309 e. The Morgan fingerprint density at radius 2 is 0.762 bits per heavy atom. The highest BCUT2D eigenvalue weighted by Gasteiger charge is 2.26. The molecule has 0 aliphatic carbocycles. The number of aliphatic carboxylic acids is 2. The first kappa shape index (κ1) is 50.4. The number of rotatable bonds is 18. The van der Waals surface area contributed by atoms with E-state index in [0.29, 0.717) is 37.0 Å². The largest absolute Gasteiger partial charge is 0.481 e. The molecule has 42 heavy (non-hydrogen) atoms. The molecule has 0 bridgehead atoms. The molecule has 0 aromatic carbocycles. The average molecular weight is 611 g/mol. The van der Waals surface area contributed by atoms with Crippen LogP contribution in [0.25, 0.3) is 0 Å². The normalized spacial score (nSPS) is 11.2. The van der Waals surface area contributed by atoms with E-state index in [2.05, 4.69) is 66.0 Å². The molecule has 0 saturated carbocycles. The van der Waals surface area contributed by atoms with Crippen molar-refractivity contribution in [2.45, 2.75) is 178 Å². The van der Waals surface area contributed by atoms with Gasteiger partial charge in [-0.25, -0.2) is 0 Å². The van der Waals surface area contributed by atoms with Gasteiger partial charge in [0.05, 0.1) is 16.9 Å². The first-order valence-corrected chi connectivity index (χ1v) is 15.8. The zero-order valence-electron chi connectivity index (χ0n) is 30.0. The highest BCUT2D eigenvalue weighted by molar-refractivity contribution is 5.73. The fourth-order valence-electron chi connectivity index (χ4n) is 3.94. The average Bonchev–Trinajstić information content (AvgIpc) is 2.85. The maximum absolute atomic E-state index is 11.0. The van der Waals surface area contributed by atoms with Gasteiger partial charge in [-0.1, -0.05) is 93.9 Å². The van der Waals surface area contributed by atoms with Crippen LogP contribution in [0, 0.1) is 10.8 Å². The molecule has 0 rings (SSSR count). The van der Waals surface area contributed by atoms with Gasteiger partial charge in [0.25, 0.3) is 0 Å². The molecule has 0 aromatic heterocycles. The van der Waals surface area contributed by atoms with E-state index in [0.717, 1.165) is 65.6 Å². The molecule has 0 heterocycles. The first-order chi connectivity index (χ1) is 19.2. The predicted molar refractivity (Wildman–Crippen MR) is 178 cm³/mol. The van der Waals surface area contributed by atoms with Crippen molar-refractivity contribution >= 4 is 11.9 Å². The van der Waals surface area contributed by atoms with E-state index in [1.165, 1.54) is 0 Å². The zero-order chi connectivity index (χ0) is 34.5. The van der Waals surface area contributed by atoms with E-state index >= 15 is 0 Å². The molecule has 0 amide bonds. The van der Waals surface area contributed by atoms with Gasteiger partial charge in [-0.3, -0.25) is 9.59 Å². The lowest BCUT2D eigenvalue weighted by Gasteiger charge is -2.19. The molecule has 0 saturated heterocycles. The van der Waals surface area contributed by atoms with Gasteiger partial charge in [-0.05, 0) is 53.4 Å². The van der Waals surface area contributed by atoms with Crippen LogP contribution in [0.15, 0.2) is 0 Å². The Hall–Kier alpha value is -1.26. The number of hydrogen-bond donors (Lipinski definition) is 7. The Balaban J connectivity index is -0.000000206. The Morgan fingerprint density at radius 3 is 0.929 bits per heavy atom. The molecule has 9 nitrogen and oxygen atoms in total. The van der Waals surface area contributed by atoms with Crippen LogP contribution in [0.3, 0.4) is 0 Å². The fourth-order valence-corrected chi connectivity index (χ4v) is 3.94. The number of nitrogens with one attached hydrogen (secondary N) is 2. The SMILES string of the molecule is CC(C)(CCCCCC(O)CCCCCC(C)(C)C(=O)O)C(=O)O.CC(C)NC(C)C.CC(C)NC(C)C.CO.CO. The highest BCUT2D eigenvalue weighted by Crippen LogP contribution is 2.25. The summed E-state index contributed by atoms with van der Waals surface area (Å²) in [5, 5.41) is 48.6. The second-order valence-corrected chi connectivity index (χ2v) is 13.2. The number of aliphatic hydroxyl groups excluding tert-OH is 3. The van der Waals surface area contributed by atoms with Gasteiger partial charge in [-0.2, -0.15) is 0 Å². The van der Waals surface area contributed by atoms with E-state index in [1.54, 1.807) is 27.7 Å². The van der Waals surface area contributed by atoms with E-state index in [9.17, 15) is 14.7 Å². The van der Waals surface area contributed by atoms with Crippen LogP contribution in [0.1, 0.15) is 147 Å². The van der Waals surface area contributed by atoms with Gasteiger partial charge in [0.1, 0.15) is 0 Å². The van der Waals surface area contributed by atoms with Crippen LogP contribution in [0.4, 0.5) is 0 Å². The maximum atomic E-state index is 11.0. The molecule has 0 spiro atoms. The van der Waals surface area contributed by atoms with Gasteiger partial charge in [0.2, 0.25) is 0 Å². The molecule has 9 heteroatoms. The Morgan fingerprint density at radius 1 is 0.524 bits per heavy atom. The van der Waals surface area contributed by atoms with Gasteiger partial charge >= 0.3 is 11.9 Å². The third kappa shape index (κ3) is 40.9. The summed E-state index contributed by atoms with van der Waals surface area (Å²) < 4.78 is 0. The molecule has 258 valence electrons. The summed E-state index contributed by atoms with van der Waals surface area (Å²) in [6.45, 7) is 24.2. The molecule has 7 N–H and O–H groups in total. The third-order valence-electron chi connectivity index (χ3n) is 6.17. The van der Waals surface area contributed by atoms with Crippen molar-refractivity contribution in [3.05, 3.63) is 0 Å². The third-order valence-corrected chi connectivity index (χ3v) is 6.17. The quantitative estimate of drug-likeness (QED) is 0.0863. The predicted octanol–water partition coefficient (Wildman–Crippen LogP) is 6.47. The topological polar surface area (TPSA) is 159 Å². The second kappa shape index (κ2) is 31.2. The Labute approximate surface area is 260 Å². The van der Waals surface area contributed by atoms with Crippen LogP contribution >= 0.6 is 0 Å². The summed E-state index contributed by atoms with van der Waals surface area (Å²) in [7, 11) is 2.00. The summed E-state index contributed by atoms with van der Waals surface area (Å²) in [4.78, 5) is 22.0. The molecule has 0 atom stereocenters. The van der Waals surface area contributed by atoms with Gasteiger partial charge < -0.3 is 36.2 Å². The highest BCUT2D eigenvalue weighted by atomic mass is 16.4. The van der Waals surface area contributed by atoms with Crippen molar-refractivity contribution in [1.29, 1.82) is 0 Å². The molecule has 0 aromatic rings. The van der Waals surface area contributed by atoms with Crippen molar-refractivity contribution in [1.82, 2.24) is 10.6 Å². The summed E-state index contributed by atoms with van der Waals surface area (Å²) >= 11 is 0. The first-order valence-electron chi connectivity index (χ1n) is 15.8. The van der Waals surface area contributed by atoms with Gasteiger partial charge in [0, 0.05) is 38.4 Å². The second-order valence-electron chi connectivity index (χ2n) is 13.2. The van der Waals surface area contributed by atoms with Crippen molar-refractivity contribution in [2.75, 3.05) is 14.2 Å². The minimum absolute atomic E-state index is 0.301. The summed E-state index contributed by atoms with van der Waals surface area (Å²) in [5.41, 5.74) is -1.33. The standard InChI is InChI=1S/C19H36O5.2C6H15N.2CH4O/c1-18(2,16(21)22)13-9-5-7-11-15(20)12-8-6-10-14-19(3,4)17(23)24;2*1-5(2)7-6(3)4;2*1-2/h15,20H,5-14H2,1-4H3,(H,21,22)(H,23,24);2*5-7H,1-4H3;2*2H,1H3. The van der Waals surface area contributed by atoms with Crippen molar-refractivity contribution in [3.8, 4) is 0 Å². The number of carboxylic acid groups (broad SMARTS) is 2. The molecular formula is C33H74N2O7. The smallest absolute Gasteiger partial charge is 0.309 e. The lowest BCUT2D eigenvalue weighted by Crippen LogP contribution is -2.29. The van der Waals surface area contributed by atoms with Crippen molar-refractivity contribution in [2.24, 2.45) is 10.8 Å². The minimum Gasteiger partial charge on any atom is -0.481 e. The van der Waals surface area contributed by atoms with E-state index in [-0.39, 0.29) is 6.10 Å². The van der Waals surface area contributed by atoms with Crippen molar-refractivity contribution in [3.63, 3.8) is 0 Å². The number of aliphatic hydroxyl groups is 3. The zero-order valence-corrected chi connectivity index (χ0v) is 30.0. The van der Waals surface area contributed by atoms with Crippen LogP contribution in [0.5, 0.6) is 0 Å². The molecule has 0 unspecified atom stereocenters.